The highest BCUT2D eigenvalue weighted by atomic mass is 16.3. The number of unbranched alkanes of at least 4 members (excludes halogenated alkanes) is 1. The van der Waals surface area contributed by atoms with E-state index in [0.29, 0.717) is 18.8 Å². The second-order valence-electron chi connectivity index (χ2n) is 4.58. The second-order valence-corrected chi connectivity index (χ2v) is 4.58. The molecule has 2 aromatic rings. The van der Waals surface area contributed by atoms with E-state index in [1.54, 1.807) is 47.4 Å². The van der Waals surface area contributed by atoms with Crippen LogP contribution in [0, 0.1) is 0 Å². The maximum Gasteiger partial charge on any atom is 0.250 e. The summed E-state index contributed by atoms with van der Waals surface area (Å²) in [7, 11) is 0. The average molecular weight is 286 g/mol. The fourth-order valence-electron chi connectivity index (χ4n) is 1.87. The molecule has 0 aliphatic rings. The third-order valence-electron chi connectivity index (χ3n) is 2.97. The Kier molecular flexibility index (Phi) is 5.58. The number of aryl methyl sites for hydroxylation is 1. The Bertz CT molecular complexity index is 642. The number of nitrogens with one attached hydrogen (secondary N) is 1. The van der Waals surface area contributed by atoms with Crippen LogP contribution in [0.2, 0.25) is 0 Å². The SMILES string of the molecule is O=C(C=Cc1ccco1)NCCCCn1ccccc1=O. The Morgan fingerprint density at radius 3 is 2.90 bits per heavy atom. The topological polar surface area (TPSA) is 64.2 Å². The number of carbonyl (C=O) groups is 1. The molecule has 0 bridgehead atoms. The molecule has 0 spiro atoms. The lowest BCUT2D eigenvalue weighted by molar-refractivity contribution is -0.116. The summed E-state index contributed by atoms with van der Waals surface area (Å²) in [6.07, 6.45) is 8.06. The first-order valence-corrected chi connectivity index (χ1v) is 6.90. The van der Waals surface area contributed by atoms with Gasteiger partial charge in [-0.3, -0.25) is 9.59 Å². The molecular formula is C16H18N2O3. The number of furan rings is 1. The van der Waals surface area contributed by atoms with Crippen LogP contribution in [0.15, 0.2) is 58.1 Å². The van der Waals surface area contributed by atoms with Gasteiger partial charge in [0.05, 0.1) is 6.26 Å². The van der Waals surface area contributed by atoms with Crippen molar-refractivity contribution >= 4 is 12.0 Å². The van der Waals surface area contributed by atoms with E-state index < -0.39 is 0 Å². The molecule has 2 rings (SSSR count). The van der Waals surface area contributed by atoms with Gasteiger partial charge in [0.15, 0.2) is 0 Å². The van der Waals surface area contributed by atoms with Crippen molar-refractivity contribution < 1.29 is 9.21 Å². The van der Waals surface area contributed by atoms with E-state index >= 15 is 0 Å². The van der Waals surface area contributed by atoms with Crippen molar-refractivity contribution in [1.29, 1.82) is 0 Å². The Morgan fingerprint density at radius 2 is 2.14 bits per heavy atom. The predicted octanol–water partition coefficient (Wildman–Crippen LogP) is 2.05. The molecule has 0 saturated heterocycles. The molecule has 21 heavy (non-hydrogen) atoms. The minimum Gasteiger partial charge on any atom is -0.465 e. The molecule has 2 aromatic heterocycles. The van der Waals surface area contributed by atoms with Crippen LogP contribution < -0.4 is 10.9 Å². The van der Waals surface area contributed by atoms with Crippen molar-refractivity contribution in [1.82, 2.24) is 9.88 Å². The van der Waals surface area contributed by atoms with Gasteiger partial charge in [0.2, 0.25) is 11.5 Å². The van der Waals surface area contributed by atoms with E-state index in [2.05, 4.69) is 5.32 Å². The van der Waals surface area contributed by atoms with Crippen LogP contribution in [0.1, 0.15) is 18.6 Å². The minimum absolute atomic E-state index is 0.00270. The van der Waals surface area contributed by atoms with E-state index in [4.69, 9.17) is 4.42 Å². The summed E-state index contributed by atoms with van der Waals surface area (Å²) in [5.74, 6) is 0.497. The maximum absolute atomic E-state index is 11.5. The summed E-state index contributed by atoms with van der Waals surface area (Å²) >= 11 is 0. The summed E-state index contributed by atoms with van der Waals surface area (Å²) in [5, 5.41) is 2.79. The number of pyridine rings is 1. The zero-order valence-corrected chi connectivity index (χ0v) is 11.7. The molecule has 0 aliphatic heterocycles. The largest absolute Gasteiger partial charge is 0.465 e. The smallest absolute Gasteiger partial charge is 0.250 e. The second kappa shape index (κ2) is 7.89. The molecule has 0 atom stereocenters. The van der Waals surface area contributed by atoms with Crippen molar-refractivity contribution in [2.45, 2.75) is 19.4 Å². The molecule has 110 valence electrons. The average Bonchev–Trinajstić information content (AvgIpc) is 3.00. The van der Waals surface area contributed by atoms with E-state index in [-0.39, 0.29) is 11.5 Å². The van der Waals surface area contributed by atoms with Crippen molar-refractivity contribution in [3.63, 3.8) is 0 Å². The number of hydrogen-bond donors (Lipinski definition) is 1. The lowest BCUT2D eigenvalue weighted by Crippen LogP contribution is -2.23. The summed E-state index contributed by atoms with van der Waals surface area (Å²) in [6.45, 7) is 1.25. The first-order chi connectivity index (χ1) is 10.3. The highest BCUT2D eigenvalue weighted by Crippen LogP contribution is 2.01. The van der Waals surface area contributed by atoms with Crippen molar-refractivity contribution in [2.75, 3.05) is 6.54 Å². The fourth-order valence-corrected chi connectivity index (χ4v) is 1.87. The normalized spacial score (nSPS) is 10.9. The van der Waals surface area contributed by atoms with Gasteiger partial charge >= 0.3 is 0 Å². The Labute approximate surface area is 122 Å². The molecule has 1 N–H and O–H groups in total. The van der Waals surface area contributed by atoms with E-state index in [9.17, 15) is 9.59 Å². The molecule has 5 heteroatoms. The van der Waals surface area contributed by atoms with E-state index in [1.807, 2.05) is 6.07 Å². The molecule has 1 amide bonds. The Hall–Kier alpha value is -2.56. The third kappa shape index (κ3) is 5.14. The first-order valence-electron chi connectivity index (χ1n) is 6.90. The van der Waals surface area contributed by atoms with E-state index in [1.165, 1.54) is 6.08 Å². The number of carbonyl (C=O) groups excluding carboxylic acids is 1. The number of aromatic nitrogens is 1. The van der Waals surface area contributed by atoms with Gasteiger partial charge in [-0.2, -0.15) is 0 Å². The van der Waals surface area contributed by atoms with Crippen molar-refractivity contribution in [2.24, 2.45) is 0 Å². The Morgan fingerprint density at radius 1 is 1.24 bits per heavy atom. The molecule has 0 fully saturated rings. The predicted molar refractivity (Wildman–Crippen MR) is 80.7 cm³/mol. The first kappa shape index (κ1) is 14.8. The molecule has 2 heterocycles. The van der Waals surface area contributed by atoms with Crippen LogP contribution in [-0.4, -0.2) is 17.0 Å². The van der Waals surface area contributed by atoms with E-state index in [0.717, 1.165) is 12.8 Å². The van der Waals surface area contributed by atoms with Crippen LogP contribution >= 0.6 is 0 Å². The fraction of sp³-hybridized carbons (Fsp3) is 0.250. The summed E-state index contributed by atoms with van der Waals surface area (Å²) in [6, 6.07) is 8.65. The monoisotopic (exact) mass is 286 g/mol. The van der Waals surface area contributed by atoms with Gasteiger partial charge in [-0.1, -0.05) is 6.07 Å². The highest BCUT2D eigenvalue weighted by Gasteiger charge is 1.97. The van der Waals surface area contributed by atoms with Crippen molar-refractivity contribution in [3.05, 3.63) is 65.0 Å². The number of amides is 1. The number of nitrogens with zero attached hydrogens (tertiary/aromatic N) is 1. The molecule has 0 aromatic carbocycles. The van der Waals surface area contributed by atoms with Gasteiger partial charge in [0.25, 0.3) is 0 Å². The van der Waals surface area contributed by atoms with Crippen LogP contribution in [0.25, 0.3) is 6.08 Å². The molecule has 0 saturated carbocycles. The zero-order chi connectivity index (χ0) is 14.9. The summed E-state index contributed by atoms with van der Waals surface area (Å²) < 4.78 is 6.75. The lowest BCUT2D eigenvalue weighted by Gasteiger charge is -2.05. The summed E-state index contributed by atoms with van der Waals surface area (Å²) in [4.78, 5) is 23.0. The van der Waals surface area contributed by atoms with Gasteiger partial charge in [-0.15, -0.1) is 0 Å². The Balaban J connectivity index is 1.62. The van der Waals surface area contributed by atoms with Gasteiger partial charge in [-0.05, 0) is 37.1 Å². The van der Waals surface area contributed by atoms with Gasteiger partial charge < -0.3 is 14.3 Å². The third-order valence-corrected chi connectivity index (χ3v) is 2.97. The van der Waals surface area contributed by atoms with Crippen LogP contribution in [0.5, 0.6) is 0 Å². The van der Waals surface area contributed by atoms with Crippen LogP contribution in [0.3, 0.4) is 0 Å². The lowest BCUT2D eigenvalue weighted by atomic mass is 10.3. The van der Waals surface area contributed by atoms with Gasteiger partial charge in [0, 0.05) is 31.4 Å². The quantitative estimate of drug-likeness (QED) is 0.626. The maximum atomic E-state index is 11.5. The highest BCUT2D eigenvalue weighted by molar-refractivity contribution is 5.91. The summed E-state index contributed by atoms with van der Waals surface area (Å²) in [5.41, 5.74) is 0.00270. The van der Waals surface area contributed by atoms with Crippen LogP contribution in [-0.2, 0) is 11.3 Å². The standard InChI is InChI=1S/C16H18N2O3/c19-15(9-8-14-6-5-13-21-14)17-10-2-4-12-18-11-3-1-7-16(18)20/h1,3,5-9,11,13H,2,4,10,12H2,(H,17,19). The molecule has 5 nitrogen and oxygen atoms in total. The van der Waals surface area contributed by atoms with Gasteiger partial charge in [-0.25, -0.2) is 0 Å². The molecule has 0 radical (unpaired) electrons. The van der Waals surface area contributed by atoms with Gasteiger partial charge in [0.1, 0.15) is 5.76 Å². The molecule has 0 aliphatic carbocycles. The van der Waals surface area contributed by atoms with Crippen molar-refractivity contribution in [3.8, 4) is 0 Å². The molecule has 0 unspecified atom stereocenters. The molecular weight excluding hydrogens is 268 g/mol. The van der Waals surface area contributed by atoms with Crippen LogP contribution in [0.4, 0.5) is 0 Å². The number of hydrogen-bond acceptors (Lipinski definition) is 3. The number of rotatable bonds is 7. The minimum atomic E-state index is -0.150. The zero-order valence-electron chi connectivity index (χ0n) is 11.7.